The van der Waals surface area contributed by atoms with Crippen molar-refractivity contribution in [3.05, 3.63) is 29.6 Å². The van der Waals surface area contributed by atoms with Crippen molar-refractivity contribution in [2.75, 3.05) is 32.1 Å². The van der Waals surface area contributed by atoms with Gasteiger partial charge in [0.2, 0.25) is 5.91 Å². The molecule has 3 N–H and O–H groups in total. The highest BCUT2D eigenvalue weighted by Crippen LogP contribution is 2.16. The van der Waals surface area contributed by atoms with Crippen molar-refractivity contribution in [2.45, 2.75) is 0 Å². The number of hydrogen-bond donors (Lipinski definition) is 3. The van der Waals surface area contributed by atoms with Crippen LogP contribution < -0.4 is 10.6 Å². The molecule has 0 unspecified atom stereocenters. The molecule has 0 aromatic heterocycles. The smallest absolute Gasteiger partial charge is 0.337 e. The van der Waals surface area contributed by atoms with Crippen LogP contribution in [0.3, 0.4) is 0 Å². The van der Waals surface area contributed by atoms with Crippen molar-refractivity contribution in [1.82, 2.24) is 5.32 Å². The number of carbonyl (C=O) groups excluding carboxylic acids is 1. The van der Waals surface area contributed by atoms with Gasteiger partial charge in [0.1, 0.15) is 5.82 Å². The molecule has 0 heterocycles. The summed E-state index contributed by atoms with van der Waals surface area (Å²) in [7, 11) is 1.54. The highest BCUT2D eigenvalue weighted by molar-refractivity contribution is 6.01. The van der Waals surface area contributed by atoms with Gasteiger partial charge in [-0.3, -0.25) is 4.79 Å². The number of halogens is 1. The van der Waals surface area contributed by atoms with E-state index in [4.69, 9.17) is 9.84 Å². The summed E-state index contributed by atoms with van der Waals surface area (Å²) in [4.78, 5) is 22.4. The molecule has 0 radical (unpaired) electrons. The Bertz CT molecular complexity index is 465. The number of rotatable bonds is 7. The van der Waals surface area contributed by atoms with Crippen LogP contribution in [0.15, 0.2) is 18.2 Å². The highest BCUT2D eigenvalue weighted by Gasteiger charge is 2.13. The largest absolute Gasteiger partial charge is 0.478 e. The maximum atomic E-state index is 12.9. The van der Waals surface area contributed by atoms with Crippen molar-refractivity contribution in [3.8, 4) is 0 Å². The van der Waals surface area contributed by atoms with Crippen molar-refractivity contribution in [1.29, 1.82) is 0 Å². The van der Waals surface area contributed by atoms with Crippen LogP contribution in [-0.4, -0.2) is 43.8 Å². The second-order valence-corrected chi connectivity index (χ2v) is 3.71. The van der Waals surface area contributed by atoms with Crippen LogP contribution in [0.1, 0.15) is 10.4 Å². The maximum Gasteiger partial charge on any atom is 0.337 e. The molecule has 0 aliphatic carbocycles. The predicted molar refractivity (Wildman–Crippen MR) is 66.7 cm³/mol. The third-order valence-electron chi connectivity index (χ3n) is 2.25. The monoisotopic (exact) mass is 270 g/mol. The molecular formula is C12H15FN2O4. The molecule has 0 aliphatic rings. The second-order valence-electron chi connectivity index (χ2n) is 3.71. The van der Waals surface area contributed by atoms with E-state index in [0.717, 1.165) is 12.1 Å². The zero-order valence-electron chi connectivity index (χ0n) is 10.4. The molecule has 0 aliphatic heterocycles. The Hall–Kier alpha value is -1.99. The summed E-state index contributed by atoms with van der Waals surface area (Å²) < 4.78 is 17.7. The van der Waals surface area contributed by atoms with E-state index in [9.17, 15) is 14.0 Å². The number of anilines is 1. The summed E-state index contributed by atoms with van der Waals surface area (Å²) in [5, 5.41) is 14.1. The standard InChI is InChI=1S/C12H15FN2O4/c1-19-5-4-14-7-11(16)15-10-3-2-8(13)6-9(10)12(17)18/h2-3,6,14H,4-5,7H2,1H3,(H,15,16)(H,17,18). The van der Waals surface area contributed by atoms with Gasteiger partial charge >= 0.3 is 5.97 Å². The first-order valence-corrected chi connectivity index (χ1v) is 5.57. The number of carboxylic acids is 1. The molecule has 0 fully saturated rings. The molecule has 0 spiro atoms. The van der Waals surface area contributed by atoms with E-state index in [0.29, 0.717) is 13.2 Å². The Morgan fingerprint density at radius 1 is 1.42 bits per heavy atom. The van der Waals surface area contributed by atoms with E-state index in [1.807, 2.05) is 0 Å². The predicted octanol–water partition coefficient (Wildman–Crippen LogP) is 0.698. The third kappa shape index (κ3) is 5.02. The van der Waals surface area contributed by atoms with Crippen molar-refractivity contribution in [2.24, 2.45) is 0 Å². The van der Waals surface area contributed by atoms with Gasteiger partial charge in [0.15, 0.2) is 0 Å². The van der Waals surface area contributed by atoms with Crippen LogP contribution >= 0.6 is 0 Å². The van der Waals surface area contributed by atoms with Crippen LogP contribution in [0, 0.1) is 5.82 Å². The van der Waals surface area contributed by atoms with Gasteiger partial charge < -0.3 is 20.5 Å². The van der Waals surface area contributed by atoms with E-state index < -0.39 is 17.7 Å². The molecule has 0 atom stereocenters. The minimum absolute atomic E-state index is 0.0137. The second kappa shape index (κ2) is 7.45. The van der Waals surface area contributed by atoms with Crippen LogP contribution in [-0.2, 0) is 9.53 Å². The molecule has 0 bridgehead atoms. The van der Waals surface area contributed by atoms with E-state index in [1.54, 1.807) is 7.11 Å². The van der Waals surface area contributed by atoms with Crippen molar-refractivity contribution < 1.29 is 23.8 Å². The summed E-state index contributed by atoms with van der Waals surface area (Å²) in [6.07, 6.45) is 0. The van der Waals surface area contributed by atoms with Crippen LogP contribution in [0.4, 0.5) is 10.1 Å². The molecule has 1 aromatic rings. The number of benzene rings is 1. The molecule has 0 saturated carbocycles. The summed E-state index contributed by atoms with van der Waals surface area (Å²) in [6.45, 7) is 0.975. The quantitative estimate of drug-likeness (QED) is 0.635. The molecule has 1 amide bonds. The van der Waals surface area contributed by atoms with Gasteiger partial charge in [-0.05, 0) is 18.2 Å². The van der Waals surface area contributed by atoms with Gasteiger partial charge in [0.25, 0.3) is 0 Å². The summed E-state index contributed by atoms with van der Waals surface area (Å²) >= 11 is 0. The number of aromatic carboxylic acids is 1. The van der Waals surface area contributed by atoms with Gasteiger partial charge in [0.05, 0.1) is 24.4 Å². The maximum absolute atomic E-state index is 12.9. The van der Waals surface area contributed by atoms with Crippen LogP contribution in [0.2, 0.25) is 0 Å². The van der Waals surface area contributed by atoms with E-state index >= 15 is 0 Å². The molecular weight excluding hydrogens is 255 g/mol. The summed E-state index contributed by atoms with van der Waals surface area (Å²) in [5.74, 6) is -2.39. The number of carboxylic acid groups (broad SMARTS) is 1. The first-order chi connectivity index (χ1) is 9.04. The van der Waals surface area contributed by atoms with Gasteiger partial charge in [-0.2, -0.15) is 0 Å². The number of carbonyl (C=O) groups is 2. The number of methoxy groups -OCH3 is 1. The number of amides is 1. The fraction of sp³-hybridized carbons (Fsp3) is 0.333. The SMILES string of the molecule is COCCNCC(=O)Nc1ccc(F)cc1C(=O)O. The average Bonchev–Trinajstić information content (AvgIpc) is 2.36. The fourth-order valence-electron chi connectivity index (χ4n) is 1.37. The molecule has 104 valence electrons. The zero-order valence-corrected chi connectivity index (χ0v) is 10.4. The van der Waals surface area contributed by atoms with Crippen molar-refractivity contribution in [3.63, 3.8) is 0 Å². The lowest BCUT2D eigenvalue weighted by molar-refractivity contribution is -0.115. The topological polar surface area (TPSA) is 87.7 Å². The molecule has 1 rings (SSSR count). The third-order valence-corrected chi connectivity index (χ3v) is 2.25. The summed E-state index contributed by atoms with van der Waals surface area (Å²) in [5.41, 5.74) is -0.224. The van der Waals surface area contributed by atoms with Crippen LogP contribution in [0.5, 0.6) is 0 Å². The normalized spacial score (nSPS) is 10.2. The number of hydrogen-bond acceptors (Lipinski definition) is 4. The van der Waals surface area contributed by atoms with Gasteiger partial charge in [0, 0.05) is 13.7 Å². The molecule has 19 heavy (non-hydrogen) atoms. The van der Waals surface area contributed by atoms with Gasteiger partial charge in [-0.25, -0.2) is 9.18 Å². The average molecular weight is 270 g/mol. The van der Waals surface area contributed by atoms with E-state index in [-0.39, 0.29) is 17.8 Å². The van der Waals surface area contributed by atoms with Gasteiger partial charge in [-0.15, -0.1) is 0 Å². The summed E-state index contributed by atoms with van der Waals surface area (Å²) in [6, 6.07) is 3.16. The highest BCUT2D eigenvalue weighted by atomic mass is 19.1. The lowest BCUT2D eigenvalue weighted by Gasteiger charge is -2.09. The Labute approximate surface area is 109 Å². The minimum atomic E-state index is -1.30. The van der Waals surface area contributed by atoms with Crippen molar-refractivity contribution >= 4 is 17.6 Å². The Balaban J connectivity index is 2.61. The zero-order chi connectivity index (χ0) is 14.3. The lowest BCUT2D eigenvalue weighted by atomic mass is 10.1. The van der Waals surface area contributed by atoms with E-state index in [2.05, 4.69) is 10.6 Å². The molecule has 1 aromatic carbocycles. The van der Waals surface area contributed by atoms with E-state index in [1.165, 1.54) is 6.07 Å². The number of ether oxygens (including phenoxy) is 1. The molecule has 6 nitrogen and oxygen atoms in total. The Morgan fingerprint density at radius 2 is 2.16 bits per heavy atom. The first kappa shape index (κ1) is 15.1. The van der Waals surface area contributed by atoms with Gasteiger partial charge in [-0.1, -0.05) is 0 Å². The molecule has 0 saturated heterocycles. The Kier molecular flexibility index (Phi) is 5.91. The first-order valence-electron chi connectivity index (χ1n) is 5.57. The lowest BCUT2D eigenvalue weighted by Crippen LogP contribution is -2.30. The molecule has 7 heteroatoms. The van der Waals surface area contributed by atoms with Crippen LogP contribution in [0.25, 0.3) is 0 Å². The number of nitrogens with one attached hydrogen (secondary N) is 2. The Morgan fingerprint density at radius 3 is 2.79 bits per heavy atom. The fourth-order valence-corrected chi connectivity index (χ4v) is 1.37. The minimum Gasteiger partial charge on any atom is -0.478 e.